The first-order valence-electron chi connectivity index (χ1n) is 11.5. The highest BCUT2D eigenvalue weighted by Gasteiger charge is 2.46. The molecule has 0 aromatic carbocycles. The van der Waals surface area contributed by atoms with E-state index in [0.29, 0.717) is 32.0 Å². The van der Waals surface area contributed by atoms with E-state index in [1.54, 1.807) is 18.1 Å². The number of amides is 1. The van der Waals surface area contributed by atoms with Gasteiger partial charge in [0, 0.05) is 49.3 Å². The van der Waals surface area contributed by atoms with Gasteiger partial charge in [-0.05, 0) is 39.7 Å². The Morgan fingerprint density at radius 2 is 2.00 bits per heavy atom. The monoisotopic (exact) mass is 506 g/mol. The van der Waals surface area contributed by atoms with Crippen LogP contribution in [0.3, 0.4) is 0 Å². The lowest BCUT2D eigenvalue weighted by molar-refractivity contribution is -0.136. The van der Waals surface area contributed by atoms with E-state index < -0.39 is 5.83 Å². The maximum absolute atomic E-state index is 13.6. The SMILES string of the molecule is C=N/C(=C\C(Cl)=C(/C)F)N1CC(C)(C)c2c(N3CCN(C(=O)C4(C)CCS4)C(C)C3)ncnc21. The van der Waals surface area contributed by atoms with Gasteiger partial charge in [0.15, 0.2) is 0 Å². The lowest BCUT2D eigenvalue weighted by Crippen LogP contribution is -2.60. The Morgan fingerprint density at radius 3 is 2.56 bits per heavy atom. The summed E-state index contributed by atoms with van der Waals surface area (Å²) in [6.07, 6.45) is 3.97. The summed E-state index contributed by atoms with van der Waals surface area (Å²) in [6, 6.07) is 0.0762. The molecule has 0 aliphatic carbocycles. The van der Waals surface area contributed by atoms with E-state index in [1.165, 1.54) is 13.0 Å². The van der Waals surface area contributed by atoms with Gasteiger partial charge in [0.2, 0.25) is 5.91 Å². The third-order valence-corrected chi connectivity index (χ3v) is 8.75. The molecule has 7 nitrogen and oxygen atoms in total. The summed E-state index contributed by atoms with van der Waals surface area (Å²) in [4.78, 5) is 32.7. The van der Waals surface area contributed by atoms with Gasteiger partial charge in [-0.15, -0.1) is 11.8 Å². The molecule has 2 atom stereocenters. The van der Waals surface area contributed by atoms with Crippen LogP contribution in [0.15, 0.2) is 34.1 Å². The zero-order chi connectivity index (χ0) is 24.8. The Kier molecular flexibility index (Phi) is 6.72. The van der Waals surface area contributed by atoms with Crippen LogP contribution in [-0.4, -0.2) is 70.2 Å². The zero-order valence-electron chi connectivity index (χ0n) is 20.4. The van der Waals surface area contributed by atoms with Crippen LogP contribution in [0, 0.1) is 0 Å². The molecule has 2 fully saturated rings. The van der Waals surface area contributed by atoms with Crippen LogP contribution in [0.2, 0.25) is 0 Å². The van der Waals surface area contributed by atoms with Crippen LogP contribution in [0.5, 0.6) is 0 Å². The lowest BCUT2D eigenvalue weighted by atomic mass is 9.87. The molecule has 3 aliphatic heterocycles. The van der Waals surface area contributed by atoms with Crippen LogP contribution in [-0.2, 0) is 10.2 Å². The normalized spacial score (nSPS) is 27.2. The molecule has 1 aromatic heterocycles. The van der Waals surface area contributed by atoms with Crippen molar-refractivity contribution in [2.75, 3.05) is 41.7 Å². The summed E-state index contributed by atoms with van der Waals surface area (Å²) in [5.74, 6) is 2.84. The molecule has 0 N–H and O–H groups in total. The van der Waals surface area contributed by atoms with Gasteiger partial charge in [-0.2, -0.15) is 0 Å². The number of aliphatic imine (C=N–C) groups is 1. The number of piperazine rings is 1. The maximum atomic E-state index is 13.6. The molecule has 2 unspecified atom stereocenters. The van der Waals surface area contributed by atoms with Crippen molar-refractivity contribution in [3.8, 4) is 0 Å². The van der Waals surface area contributed by atoms with Crippen molar-refractivity contribution in [3.05, 3.63) is 34.6 Å². The van der Waals surface area contributed by atoms with Gasteiger partial charge < -0.3 is 14.7 Å². The number of nitrogens with zero attached hydrogens (tertiary/aromatic N) is 6. The second-order valence-corrected chi connectivity index (χ2v) is 12.0. The van der Waals surface area contributed by atoms with E-state index in [9.17, 15) is 9.18 Å². The third-order valence-electron chi connectivity index (χ3n) is 6.96. The second kappa shape index (κ2) is 9.15. The number of anilines is 2. The highest BCUT2D eigenvalue weighted by atomic mass is 35.5. The molecule has 0 bridgehead atoms. The lowest BCUT2D eigenvalue weighted by Gasteiger charge is -2.46. The Morgan fingerprint density at radius 1 is 1.32 bits per heavy atom. The average Bonchev–Trinajstić information content (AvgIpc) is 3.05. The number of halogens is 2. The number of allylic oxidation sites excluding steroid dienone is 3. The fourth-order valence-electron chi connectivity index (χ4n) is 4.91. The van der Waals surface area contributed by atoms with Crippen LogP contribution >= 0.6 is 23.4 Å². The van der Waals surface area contributed by atoms with Crippen molar-refractivity contribution < 1.29 is 9.18 Å². The molecule has 0 radical (unpaired) electrons. The number of hydrogen-bond donors (Lipinski definition) is 0. The smallest absolute Gasteiger partial charge is 0.238 e. The van der Waals surface area contributed by atoms with E-state index in [4.69, 9.17) is 11.6 Å². The van der Waals surface area contributed by atoms with Gasteiger partial charge in [-0.25, -0.2) is 19.4 Å². The number of carbonyl (C=O) groups excluding carboxylic acids is 1. The summed E-state index contributed by atoms with van der Waals surface area (Å²) in [5, 5.41) is -0.0177. The molecule has 4 rings (SSSR count). The molecule has 0 saturated carbocycles. The van der Waals surface area contributed by atoms with Gasteiger partial charge in [0.05, 0.1) is 9.78 Å². The summed E-state index contributed by atoms with van der Waals surface area (Å²) < 4.78 is 13.3. The number of aromatic nitrogens is 2. The zero-order valence-corrected chi connectivity index (χ0v) is 22.0. The van der Waals surface area contributed by atoms with Gasteiger partial charge in [-0.3, -0.25) is 4.79 Å². The average molecular weight is 507 g/mol. The van der Waals surface area contributed by atoms with Crippen molar-refractivity contribution in [2.45, 2.75) is 57.2 Å². The minimum atomic E-state index is -0.486. The standard InChI is InChI=1S/C24H32ClFN6OS/c1-15-12-30(8-9-31(15)22(33)24(5)7-10-34-24)20-19-21(29-14-28-20)32(13-23(19,3)4)18(27-6)11-17(25)16(2)26/h11,14-15H,6-10,12-13H2,1-5H3/b17-16-,18-11+. The Hall–Kier alpha value is -2.13. The largest absolute Gasteiger partial charge is 0.352 e. The first-order valence-corrected chi connectivity index (χ1v) is 12.9. The van der Waals surface area contributed by atoms with Crippen LogP contribution in [0.4, 0.5) is 16.0 Å². The van der Waals surface area contributed by atoms with E-state index in [1.807, 2.05) is 9.80 Å². The first-order chi connectivity index (χ1) is 16.0. The molecule has 0 spiro atoms. The molecule has 1 amide bonds. The van der Waals surface area contributed by atoms with Crippen molar-refractivity contribution in [3.63, 3.8) is 0 Å². The van der Waals surface area contributed by atoms with Gasteiger partial charge in [0.1, 0.15) is 29.6 Å². The molecule has 184 valence electrons. The first kappa shape index (κ1) is 25.0. The Bertz CT molecular complexity index is 1070. The van der Waals surface area contributed by atoms with Gasteiger partial charge in [0.25, 0.3) is 0 Å². The molecule has 2 saturated heterocycles. The van der Waals surface area contributed by atoms with E-state index in [2.05, 4.69) is 54.3 Å². The molecular weight excluding hydrogens is 475 g/mol. The summed E-state index contributed by atoms with van der Waals surface area (Å²) in [5.41, 5.74) is 0.721. The van der Waals surface area contributed by atoms with Crippen molar-refractivity contribution in [1.29, 1.82) is 0 Å². The van der Waals surface area contributed by atoms with Crippen molar-refractivity contribution in [2.24, 2.45) is 4.99 Å². The second-order valence-electron chi connectivity index (χ2n) is 10.0. The minimum Gasteiger partial charge on any atom is -0.352 e. The van der Waals surface area contributed by atoms with Crippen LogP contribution < -0.4 is 9.80 Å². The molecule has 10 heteroatoms. The highest BCUT2D eigenvalue weighted by molar-refractivity contribution is 8.02. The quantitative estimate of drug-likeness (QED) is 0.433. The third kappa shape index (κ3) is 4.33. The minimum absolute atomic E-state index is 0.0177. The van der Waals surface area contributed by atoms with Crippen molar-refractivity contribution in [1.82, 2.24) is 14.9 Å². The molecule has 1 aromatic rings. The van der Waals surface area contributed by atoms with Crippen LogP contribution in [0.25, 0.3) is 0 Å². The summed E-state index contributed by atoms with van der Waals surface area (Å²) >= 11 is 7.81. The number of thioether (sulfide) groups is 1. The number of hydrogen-bond acceptors (Lipinski definition) is 7. The Labute approximate surface area is 210 Å². The fraction of sp³-hybridized carbons (Fsp3) is 0.583. The summed E-state index contributed by atoms with van der Waals surface area (Å²) in [6.45, 7) is 16.0. The number of rotatable bonds is 5. The summed E-state index contributed by atoms with van der Waals surface area (Å²) in [7, 11) is 0. The van der Waals surface area contributed by atoms with Gasteiger partial charge >= 0.3 is 0 Å². The number of fused-ring (bicyclic) bond motifs is 1. The van der Waals surface area contributed by atoms with Gasteiger partial charge in [-0.1, -0.05) is 25.4 Å². The predicted octanol–water partition coefficient (Wildman–Crippen LogP) is 4.49. The molecular formula is C24H32ClFN6OS. The molecule has 34 heavy (non-hydrogen) atoms. The molecule has 3 aliphatic rings. The van der Waals surface area contributed by atoms with E-state index in [0.717, 1.165) is 29.4 Å². The molecule has 4 heterocycles. The topological polar surface area (TPSA) is 64.9 Å². The fourth-order valence-corrected chi connectivity index (χ4v) is 6.06. The highest BCUT2D eigenvalue weighted by Crippen LogP contribution is 2.46. The predicted molar refractivity (Wildman–Crippen MR) is 139 cm³/mol. The van der Waals surface area contributed by atoms with E-state index in [-0.39, 0.29) is 27.1 Å². The van der Waals surface area contributed by atoms with E-state index >= 15 is 0 Å². The number of carbonyl (C=O) groups is 1. The Balaban J connectivity index is 1.63. The van der Waals surface area contributed by atoms with Crippen molar-refractivity contribution >= 4 is 47.6 Å². The van der Waals surface area contributed by atoms with Crippen LogP contribution in [0.1, 0.15) is 46.6 Å². The maximum Gasteiger partial charge on any atom is 0.238 e.